The second-order valence-electron chi connectivity index (χ2n) is 14.4. The third-order valence-corrected chi connectivity index (χ3v) is 11.2. The Labute approximate surface area is 326 Å². The largest absolute Gasteiger partial charge is 0.456 e. The zero-order chi connectivity index (χ0) is 37.5. The van der Waals surface area contributed by atoms with Crippen molar-refractivity contribution in [3.63, 3.8) is 0 Å². The van der Waals surface area contributed by atoms with Gasteiger partial charge in [-0.1, -0.05) is 115 Å². The number of hydrogen-bond acceptors (Lipinski definition) is 4. The Bertz CT molecular complexity index is 3450. The van der Waals surface area contributed by atoms with E-state index in [2.05, 4.69) is 124 Å². The van der Waals surface area contributed by atoms with E-state index >= 15 is 0 Å². The van der Waals surface area contributed by atoms with E-state index in [9.17, 15) is 0 Å². The molecule has 0 saturated carbocycles. The summed E-state index contributed by atoms with van der Waals surface area (Å²) in [5.74, 6) is 1.92. The monoisotopic (exact) mass is 729 g/mol. The Morgan fingerprint density at radius 2 is 0.754 bits per heavy atom. The van der Waals surface area contributed by atoms with Crippen molar-refractivity contribution in [2.75, 3.05) is 0 Å². The Hall–Kier alpha value is -7.83. The van der Waals surface area contributed by atoms with Gasteiger partial charge in [0.2, 0.25) is 0 Å². The maximum atomic E-state index is 6.21. The first-order chi connectivity index (χ1) is 28.3. The Morgan fingerprint density at radius 3 is 1.33 bits per heavy atom. The van der Waals surface area contributed by atoms with Gasteiger partial charge in [-0.05, 0) is 72.8 Å². The van der Waals surface area contributed by atoms with Crippen molar-refractivity contribution in [1.82, 2.24) is 24.1 Å². The molecule has 12 rings (SSSR count). The maximum Gasteiger partial charge on any atom is 0.164 e. The first-order valence-electron chi connectivity index (χ1n) is 19.1. The van der Waals surface area contributed by atoms with Crippen molar-refractivity contribution in [2.24, 2.45) is 0 Å². The van der Waals surface area contributed by atoms with Gasteiger partial charge in [-0.3, -0.25) is 0 Å². The summed E-state index contributed by atoms with van der Waals surface area (Å²) in [5, 5.41) is 7.12. The minimum Gasteiger partial charge on any atom is -0.456 e. The van der Waals surface area contributed by atoms with Gasteiger partial charge >= 0.3 is 0 Å². The normalized spacial score (nSPS) is 11.9. The van der Waals surface area contributed by atoms with Crippen LogP contribution in [0.4, 0.5) is 0 Å². The summed E-state index contributed by atoms with van der Waals surface area (Å²) in [7, 11) is 0. The molecule has 57 heavy (non-hydrogen) atoms. The van der Waals surface area contributed by atoms with Gasteiger partial charge in [0.05, 0.1) is 22.1 Å². The Morgan fingerprint density at radius 1 is 0.316 bits per heavy atom. The van der Waals surface area contributed by atoms with Crippen LogP contribution >= 0.6 is 0 Å². The molecule has 0 fully saturated rings. The van der Waals surface area contributed by atoms with Crippen LogP contribution in [0.15, 0.2) is 192 Å². The first kappa shape index (κ1) is 31.5. The van der Waals surface area contributed by atoms with Crippen LogP contribution < -0.4 is 0 Å². The van der Waals surface area contributed by atoms with Crippen LogP contribution in [0, 0.1) is 0 Å². The lowest BCUT2D eigenvalue weighted by Gasteiger charge is -2.11. The third-order valence-electron chi connectivity index (χ3n) is 11.2. The number of benzene rings is 8. The summed E-state index contributed by atoms with van der Waals surface area (Å²) in [6, 6.07) is 65.6. The quantitative estimate of drug-likeness (QED) is 0.177. The molecule has 6 nitrogen and oxygen atoms in total. The molecule has 4 heterocycles. The standard InChI is InChI=1S/C51H31N5O/c1-3-13-32(14-4-1)49-52-50(33-15-5-2-6-16-33)54-51(53-49)34-23-25-35(26-24-34)55-41-20-10-7-18-38(41)47-43(55)28-29-44-48(47)39-19-8-11-21-42(39)56(44)36-27-30-46-40(31-36)37-17-9-12-22-45(37)57-46/h1-31H. The van der Waals surface area contributed by atoms with Gasteiger partial charge in [-0.2, -0.15) is 0 Å². The van der Waals surface area contributed by atoms with Crippen LogP contribution in [0.3, 0.4) is 0 Å². The molecule has 6 heteroatoms. The van der Waals surface area contributed by atoms with Crippen LogP contribution in [0.5, 0.6) is 0 Å². The number of furan rings is 1. The van der Waals surface area contributed by atoms with Crippen LogP contribution in [0.2, 0.25) is 0 Å². The fourth-order valence-corrected chi connectivity index (χ4v) is 8.62. The van der Waals surface area contributed by atoms with Gasteiger partial charge in [0.15, 0.2) is 17.5 Å². The fourth-order valence-electron chi connectivity index (χ4n) is 8.62. The molecule has 0 N–H and O–H groups in total. The van der Waals surface area contributed by atoms with Gasteiger partial charge in [-0.15, -0.1) is 0 Å². The number of aromatic nitrogens is 5. The lowest BCUT2D eigenvalue weighted by Crippen LogP contribution is -2.00. The topological polar surface area (TPSA) is 61.7 Å². The van der Waals surface area contributed by atoms with Crippen molar-refractivity contribution in [3.05, 3.63) is 188 Å². The second kappa shape index (κ2) is 12.3. The van der Waals surface area contributed by atoms with Gasteiger partial charge in [0, 0.05) is 60.4 Å². The molecule has 0 spiro atoms. The summed E-state index contributed by atoms with van der Waals surface area (Å²) in [4.78, 5) is 14.8. The summed E-state index contributed by atoms with van der Waals surface area (Å²) in [6.45, 7) is 0. The summed E-state index contributed by atoms with van der Waals surface area (Å²) >= 11 is 0. The molecule has 0 amide bonds. The smallest absolute Gasteiger partial charge is 0.164 e. The predicted molar refractivity (Wildman–Crippen MR) is 232 cm³/mol. The van der Waals surface area contributed by atoms with E-state index in [1.807, 2.05) is 72.8 Å². The van der Waals surface area contributed by atoms with Crippen molar-refractivity contribution < 1.29 is 4.42 Å². The van der Waals surface area contributed by atoms with Crippen LogP contribution in [0.25, 0.3) is 111 Å². The fraction of sp³-hybridized carbons (Fsp3) is 0. The molecule has 0 unspecified atom stereocenters. The molecule has 4 aromatic heterocycles. The van der Waals surface area contributed by atoms with E-state index < -0.39 is 0 Å². The zero-order valence-electron chi connectivity index (χ0n) is 30.5. The van der Waals surface area contributed by atoms with Crippen LogP contribution in [0.1, 0.15) is 0 Å². The molecule has 0 bridgehead atoms. The number of fused-ring (bicyclic) bond motifs is 10. The molecule has 0 aliphatic carbocycles. The first-order valence-corrected chi connectivity index (χ1v) is 19.1. The van der Waals surface area contributed by atoms with Gasteiger partial charge in [-0.25, -0.2) is 15.0 Å². The van der Waals surface area contributed by atoms with Crippen molar-refractivity contribution >= 4 is 65.6 Å². The third kappa shape index (κ3) is 4.87. The molecule has 0 aliphatic heterocycles. The highest BCUT2D eigenvalue weighted by Crippen LogP contribution is 2.43. The highest BCUT2D eigenvalue weighted by Gasteiger charge is 2.21. The molecule has 12 aromatic rings. The molecule has 0 saturated heterocycles. The van der Waals surface area contributed by atoms with E-state index in [1.54, 1.807) is 0 Å². The van der Waals surface area contributed by atoms with E-state index in [1.165, 1.54) is 21.5 Å². The van der Waals surface area contributed by atoms with Crippen molar-refractivity contribution in [3.8, 4) is 45.5 Å². The zero-order valence-corrected chi connectivity index (χ0v) is 30.5. The van der Waals surface area contributed by atoms with Gasteiger partial charge < -0.3 is 13.6 Å². The highest BCUT2D eigenvalue weighted by atomic mass is 16.3. The summed E-state index contributed by atoms with van der Waals surface area (Å²) in [6.07, 6.45) is 0. The van der Waals surface area contributed by atoms with E-state index in [0.717, 1.165) is 72.1 Å². The molecule has 0 atom stereocenters. The SMILES string of the molecule is c1ccc(-c2nc(-c3ccccc3)nc(-c3ccc(-n4c5ccccc5c5c6c7ccccc7n(-c7ccc8oc9ccccc9c8c7)c6ccc54)cc3)n2)cc1. The lowest BCUT2D eigenvalue weighted by molar-refractivity contribution is 0.669. The van der Waals surface area contributed by atoms with E-state index in [0.29, 0.717) is 17.5 Å². The molecular weight excluding hydrogens is 699 g/mol. The number of nitrogens with zero attached hydrogens (tertiary/aromatic N) is 5. The van der Waals surface area contributed by atoms with Crippen LogP contribution in [-0.4, -0.2) is 24.1 Å². The minimum atomic E-state index is 0.632. The molecule has 0 radical (unpaired) electrons. The molecular formula is C51H31N5O. The Kier molecular flexibility index (Phi) is 6.83. The number of hydrogen-bond donors (Lipinski definition) is 0. The van der Waals surface area contributed by atoms with Crippen molar-refractivity contribution in [1.29, 1.82) is 0 Å². The van der Waals surface area contributed by atoms with Crippen molar-refractivity contribution in [2.45, 2.75) is 0 Å². The lowest BCUT2D eigenvalue weighted by atomic mass is 10.1. The molecule has 8 aromatic carbocycles. The van der Waals surface area contributed by atoms with Gasteiger partial charge in [0.25, 0.3) is 0 Å². The average Bonchev–Trinajstić information content (AvgIpc) is 3.94. The predicted octanol–water partition coefficient (Wildman–Crippen LogP) is 13.0. The summed E-state index contributed by atoms with van der Waals surface area (Å²) in [5.41, 5.74) is 11.4. The number of para-hydroxylation sites is 3. The summed E-state index contributed by atoms with van der Waals surface area (Å²) < 4.78 is 11.0. The van der Waals surface area contributed by atoms with Gasteiger partial charge in [0.1, 0.15) is 11.2 Å². The van der Waals surface area contributed by atoms with E-state index in [4.69, 9.17) is 19.4 Å². The highest BCUT2D eigenvalue weighted by molar-refractivity contribution is 6.29. The molecule has 266 valence electrons. The number of rotatable bonds is 5. The maximum absolute atomic E-state index is 6.21. The van der Waals surface area contributed by atoms with E-state index in [-0.39, 0.29) is 0 Å². The second-order valence-corrected chi connectivity index (χ2v) is 14.4. The average molecular weight is 730 g/mol. The Balaban J connectivity index is 1.04. The molecule has 0 aliphatic rings. The van der Waals surface area contributed by atoms with Crippen LogP contribution in [-0.2, 0) is 0 Å². The minimum absolute atomic E-state index is 0.632.